The lowest BCUT2D eigenvalue weighted by atomic mass is 10.1. The van der Waals surface area contributed by atoms with Crippen LogP contribution in [0.3, 0.4) is 0 Å². The predicted octanol–water partition coefficient (Wildman–Crippen LogP) is 1.46. The molecular weight excluding hydrogens is 268 g/mol. The van der Waals surface area contributed by atoms with E-state index in [1.165, 1.54) is 21.3 Å². The zero-order valence-corrected chi connectivity index (χ0v) is 11.0. The van der Waals surface area contributed by atoms with Gasteiger partial charge in [0.2, 0.25) is 5.75 Å². The molecule has 0 fully saturated rings. The standard InChI is InChI=1S/C12H12N2O6/c1-17-7-5-4-6(8(18-2)9(7)19-3)11-13-10(12(15)16)14-20-11/h4-5H,1-3H3,(H,15,16). The zero-order valence-electron chi connectivity index (χ0n) is 11.0. The Hall–Kier alpha value is -2.77. The van der Waals surface area contributed by atoms with Gasteiger partial charge in [0.15, 0.2) is 11.5 Å². The molecule has 0 saturated heterocycles. The molecule has 0 radical (unpaired) electrons. The minimum absolute atomic E-state index is 0.0141. The molecule has 0 saturated carbocycles. The first kappa shape index (κ1) is 13.7. The van der Waals surface area contributed by atoms with E-state index in [9.17, 15) is 4.79 Å². The van der Waals surface area contributed by atoms with Crippen LogP contribution >= 0.6 is 0 Å². The first-order valence-corrected chi connectivity index (χ1v) is 5.48. The normalized spacial score (nSPS) is 10.2. The number of aromatic carboxylic acids is 1. The van der Waals surface area contributed by atoms with Crippen LogP contribution in [0.1, 0.15) is 10.6 Å². The molecule has 1 aromatic heterocycles. The first-order chi connectivity index (χ1) is 9.62. The summed E-state index contributed by atoms with van der Waals surface area (Å²) in [5.41, 5.74) is 0.408. The topological polar surface area (TPSA) is 104 Å². The van der Waals surface area contributed by atoms with Gasteiger partial charge >= 0.3 is 5.97 Å². The summed E-state index contributed by atoms with van der Waals surface area (Å²) in [5.74, 6) is -0.572. The summed E-state index contributed by atoms with van der Waals surface area (Å²) in [6.07, 6.45) is 0. The van der Waals surface area contributed by atoms with E-state index in [2.05, 4.69) is 10.1 Å². The summed E-state index contributed by atoms with van der Waals surface area (Å²) in [5, 5.41) is 12.1. The molecule has 0 atom stereocenters. The van der Waals surface area contributed by atoms with Crippen molar-refractivity contribution in [3.63, 3.8) is 0 Å². The maximum Gasteiger partial charge on any atom is 0.377 e. The van der Waals surface area contributed by atoms with E-state index >= 15 is 0 Å². The van der Waals surface area contributed by atoms with E-state index in [4.69, 9.17) is 23.8 Å². The maximum absolute atomic E-state index is 10.8. The monoisotopic (exact) mass is 280 g/mol. The number of ether oxygens (including phenoxy) is 3. The highest BCUT2D eigenvalue weighted by Gasteiger charge is 2.22. The van der Waals surface area contributed by atoms with E-state index in [-0.39, 0.29) is 5.89 Å². The second kappa shape index (κ2) is 5.47. The van der Waals surface area contributed by atoms with Gasteiger partial charge in [-0.25, -0.2) is 4.79 Å². The number of carboxylic acids is 1. The molecule has 8 nitrogen and oxygen atoms in total. The summed E-state index contributed by atoms with van der Waals surface area (Å²) in [4.78, 5) is 14.5. The van der Waals surface area contributed by atoms with Crippen LogP contribution in [0, 0.1) is 0 Å². The molecule has 0 aliphatic heterocycles. The summed E-state index contributed by atoms with van der Waals surface area (Å²) >= 11 is 0. The van der Waals surface area contributed by atoms with E-state index < -0.39 is 11.8 Å². The summed E-state index contributed by atoms with van der Waals surface area (Å²) < 4.78 is 20.5. The van der Waals surface area contributed by atoms with Crippen LogP contribution in [0.15, 0.2) is 16.7 Å². The average molecular weight is 280 g/mol. The van der Waals surface area contributed by atoms with Crippen LogP contribution < -0.4 is 14.2 Å². The smallest absolute Gasteiger partial charge is 0.377 e. The van der Waals surface area contributed by atoms with Gasteiger partial charge in [-0.05, 0) is 17.3 Å². The van der Waals surface area contributed by atoms with E-state index in [0.29, 0.717) is 22.8 Å². The fourth-order valence-corrected chi connectivity index (χ4v) is 1.69. The van der Waals surface area contributed by atoms with E-state index in [1.54, 1.807) is 12.1 Å². The van der Waals surface area contributed by atoms with Gasteiger partial charge in [0, 0.05) is 0 Å². The molecule has 0 bridgehead atoms. The number of hydrogen-bond acceptors (Lipinski definition) is 7. The third kappa shape index (κ3) is 2.22. The Morgan fingerprint density at radius 1 is 1.15 bits per heavy atom. The lowest BCUT2D eigenvalue weighted by Gasteiger charge is -2.13. The Bertz CT molecular complexity index is 637. The van der Waals surface area contributed by atoms with Gasteiger partial charge < -0.3 is 23.8 Å². The van der Waals surface area contributed by atoms with Crippen molar-refractivity contribution in [2.24, 2.45) is 0 Å². The van der Waals surface area contributed by atoms with Crippen molar-refractivity contribution in [1.29, 1.82) is 0 Å². The Morgan fingerprint density at radius 2 is 1.85 bits per heavy atom. The second-order valence-corrected chi connectivity index (χ2v) is 3.61. The van der Waals surface area contributed by atoms with Crippen molar-refractivity contribution in [2.45, 2.75) is 0 Å². The highest BCUT2D eigenvalue weighted by molar-refractivity contribution is 5.83. The van der Waals surface area contributed by atoms with Gasteiger partial charge in [-0.15, -0.1) is 0 Å². The molecule has 0 aliphatic carbocycles. The number of rotatable bonds is 5. The lowest BCUT2D eigenvalue weighted by Crippen LogP contribution is -1.99. The van der Waals surface area contributed by atoms with Crippen molar-refractivity contribution in [2.75, 3.05) is 21.3 Å². The molecular formula is C12H12N2O6. The van der Waals surface area contributed by atoms with Gasteiger partial charge in [0.05, 0.1) is 26.9 Å². The summed E-state index contributed by atoms with van der Waals surface area (Å²) in [6.45, 7) is 0. The Morgan fingerprint density at radius 3 is 2.35 bits per heavy atom. The summed E-state index contributed by atoms with van der Waals surface area (Å²) in [6, 6.07) is 3.24. The third-order valence-electron chi connectivity index (χ3n) is 2.55. The van der Waals surface area contributed by atoms with Gasteiger partial charge in [-0.3, -0.25) is 0 Å². The number of benzene rings is 1. The van der Waals surface area contributed by atoms with Crippen LogP contribution in [0.5, 0.6) is 17.2 Å². The Labute approximate surface area is 113 Å². The van der Waals surface area contributed by atoms with Crippen LogP contribution in [0.25, 0.3) is 11.5 Å². The fourth-order valence-electron chi connectivity index (χ4n) is 1.69. The number of carboxylic acid groups (broad SMARTS) is 1. The van der Waals surface area contributed by atoms with Crippen LogP contribution in [0.4, 0.5) is 0 Å². The minimum Gasteiger partial charge on any atom is -0.493 e. The molecule has 1 aromatic carbocycles. The quantitative estimate of drug-likeness (QED) is 0.877. The highest BCUT2D eigenvalue weighted by Crippen LogP contribution is 2.43. The van der Waals surface area contributed by atoms with Crippen molar-refractivity contribution >= 4 is 5.97 Å². The van der Waals surface area contributed by atoms with Gasteiger partial charge in [0.25, 0.3) is 11.7 Å². The van der Waals surface area contributed by atoms with Crippen molar-refractivity contribution in [1.82, 2.24) is 10.1 Å². The molecule has 2 aromatic rings. The molecule has 106 valence electrons. The average Bonchev–Trinajstić information content (AvgIpc) is 2.95. The van der Waals surface area contributed by atoms with E-state index in [0.717, 1.165) is 0 Å². The largest absolute Gasteiger partial charge is 0.493 e. The molecule has 20 heavy (non-hydrogen) atoms. The van der Waals surface area contributed by atoms with Crippen molar-refractivity contribution in [3.8, 4) is 28.7 Å². The molecule has 8 heteroatoms. The number of aromatic nitrogens is 2. The second-order valence-electron chi connectivity index (χ2n) is 3.61. The Balaban J connectivity index is 2.58. The Kier molecular flexibility index (Phi) is 3.74. The predicted molar refractivity (Wildman–Crippen MR) is 66.3 cm³/mol. The number of hydrogen-bond donors (Lipinski definition) is 1. The third-order valence-corrected chi connectivity index (χ3v) is 2.55. The molecule has 1 N–H and O–H groups in total. The van der Waals surface area contributed by atoms with Gasteiger partial charge in [-0.2, -0.15) is 4.98 Å². The summed E-state index contributed by atoms with van der Waals surface area (Å²) in [7, 11) is 4.39. The number of methoxy groups -OCH3 is 3. The molecule has 0 aliphatic rings. The molecule has 0 spiro atoms. The van der Waals surface area contributed by atoms with Crippen LogP contribution in [0.2, 0.25) is 0 Å². The molecule has 0 unspecified atom stereocenters. The SMILES string of the molecule is COc1ccc(-c2nc(C(=O)O)no2)c(OC)c1OC. The number of nitrogens with zero attached hydrogens (tertiary/aromatic N) is 2. The first-order valence-electron chi connectivity index (χ1n) is 5.48. The van der Waals surface area contributed by atoms with Crippen molar-refractivity contribution in [3.05, 3.63) is 18.0 Å². The van der Waals surface area contributed by atoms with Crippen molar-refractivity contribution < 1.29 is 28.6 Å². The molecule has 1 heterocycles. The zero-order chi connectivity index (χ0) is 14.7. The van der Waals surface area contributed by atoms with Crippen LogP contribution in [-0.2, 0) is 0 Å². The fraction of sp³-hybridized carbons (Fsp3) is 0.250. The van der Waals surface area contributed by atoms with Gasteiger partial charge in [0.1, 0.15) is 0 Å². The molecule has 0 amide bonds. The van der Waals surface area contributed by atoms with E-state index in [1.807, 2.05) is 0 Å². The number of carbonyl (C=O) groups is 1. The molecule has 2 rings (SSSR count). The van der Waals surface area contributed by atoms with Crippen LogP contribution in [-0.4, -0.2) is 42.5 Å². The maximum atomic E-state index is 10.8. The van der Waals surface area contributed by atoms with Gasteiger partial charge in [-0.1, -0.05) is 0 Å². The lowest BCUT2D eigenvalue weighted by molar-refractivity contribution is 0.0680. The minimum atomic E-state index is -1.28. The highest BCUT2D eigenvalue weighted by atomic mass is 16.5.